The van der Waals surface area contributed by atoms with E-state index in [4.69, 9.17) is 4.74 Å². The van der Waals surface area contributed by atoms with Crippen LogP contribution in [0.1, 0.15) is 0 Å². The fourth-order valence-corrected chi connectivity index (χ4v) is 1.97. The molecule has 7 heteroatoms. The molecule has 98 valence electrons. The Morgan fingerprint density at radius 2 is 2.06 bits per heavy atom. The van der Waals surface area contributed by atoms with Gasteiger partial charge in [-0.05, 0) is 17.0 Å². The average molecular weight is 252 g/mol. The third-order valence-corrected chi connectivity index (χ3v) is 3.08. The highest BCUT2D eigenvalue weighted by molar-refractivity contribution is 5.59. The number of hydrogen-bond donors (Lipinski definition) is 0. The maximum atomic E-state index is 10.7. The molecule has 1 aromatic rings. The molecular weight excluding hydrogens is 236 g/mol. The summed E-state index contributed by atoms with van der Waals surface area (Å²) in [6.07, 6.45) is 1.52. The Balaban J connectivity index is 2.24. The van der Waals surface area contributed by atoms with Gasteiger partial charge < -0.3 is 24.7 Å². The second-order valence-corrected chi connectivity index (χ2v) is 4.26. The van der Waals surface area contributed by atoms with Crippen molar-refractivity contribution in [3.05, 3.63) is 22.4 Å². The standard InChI is InChI=1S/C11H16N4O3/c1-13-3-5-14(6-4-13)9-8-12-11(15(16)17)7-10(9)18-2/h7-8H,3-6H2,1-2H3. The molecule has 0 amide bonds. The van der Waals surface area contributed by atoms with Crippen LogP contribution in [-0.2, 0) is 0 Å². The van der Waals surface area contributed by atoms with E-state index in [1.807, 2.05) is 0 Å². The van der Waals surface area contributed by atoms with Gasteiger partial charge in [-0.2, -0.15) is 0 Å². The number of nitrogens with zero attached hydrogens (tertiary/aromatic N) is 4. The zero-order valence-electron chi connectivity index (χ0n) is 10.5. The summed E-state index contributed by atoms with van der Waals surface area (Å²) in [5.41, 5.74) is 0.816. The predicted molar refractivity (Wildman–Crippen MR) is 67.2 cm³/mol. The Bertz CT molecular complexity index is 444. The second kappa shape index (κ2) is 5.18. The average Bonchev–Trinajstić information content (AvgIpc) is 2.39. The van der Waals surface area contributed by atoms with Gasteiger partial charge in [0.2, 0.25) is 0 Å². The molecule has 1 aromatic heterocycles. The summed E-state index contributed by atoms with van der Waals surface area (Å²) in [6, 6.07) is 1.37. The molecule has 7 nitrogen and oxygen atoms in total. The third kappa shape index (κ3) is 2.51. The number of methoxy groups -OCH3 is 1. The minimum absolute atomic E-state index is 0.190. The van der Waals surface area contributed by atoms with Crippen molar-refractivity contribution in [2.75, 3.05) is 45.2 Å². The van der Waals surface area contributed by atoms with Crippen LogP contribution in [0.15, 0.2) is 12.3 Å². The molecule has 0 spiro atoms. The SMILES string of the molecule is COc1cc([N+](=O)[O-])ncc1N1CCN(C)CC1. The molecule has 0 radical (unpaired) electrons. The molecule has 1 aliphatic rings. The molecule has 0 aliphatic carbocycles. The summed E-state index contributed by atoms with van der Waals surface area (Å²) in [5.74, 6) is 0.311. The van der Waals surface area contributed by atoms with Crippen molar-refractivity contribution in [2.24, 2.45) is 0 Å². The molecule has 0 saturated carbocycles. The Hall–Kier alpha value is -1.89. The summed E-state index contributed by atoms with van der Waals surface area (Å²) in [4.78, 5) is 18.4. The molecule has 0 bridgehead atoms. The van der Waals surface area contributed by atoms with Crippen LogP contribution in [0.25, 0.3) is 0 Å². The molecule has 0 atom stereocenters. The minimum Gasteiger partial charge on any atom is -0.494 e. The van der Waals surface area contributed by atoms with Gasteiger partial charge in [-0.1, -0.05) is 0 Å². The van der Waals surface area contributed by atoms with Gasteiger partial charge in [-0.25, -0.2) is 0 Å². The lowest BCUT2D eigenvalue weighted by atomic mass is 10.2. The highest BCUT2D eigenvalue weighted by atomic mass is 16.6. The van der Waals surface area contributed by atoms with Crippen molar-refractivity contribution in [1.82, 2.24) is 9.88 Å². The van der Waals surface area contributed by atoms with Gasteiger partial charge in [-0.3, -0.25) is 0 Å². The quantitative estimate of drug-likeness (QED) is 0.584. The van der Waals surface area contributed by atoms with E-state index in [1.54, 1.807) is 0 Å². The summed E-state index contributed by atoms with van der Waals surface area (Å²) < 4.78 is 5.22. The molecule has 0 N–H and O–H groups in total. The van der Waals surface area contributed by atoms with Crippen LogP contribution in [0.4, 0.5) is 11.5 Å². The first-order valence-corrected chi connectivity index (χ1v) is 5.73. The number of pyridine rings is 1. The summed E-state index contributed by atoms with van der Waals surface area (Å²) >= 11 is 0. The van der Waals surface area contributed by atoms with Crippen LogP contribution in [0, 0.1) is 10.1 Å². The highest BCUT2D eigenvalue weighted by Gasteiger charge is 2.21. The lowest BCUT2D eigenvalue weighted by molar-refractivity contribution is -0.389. The van der Waals surface area contributed by atoms with Crippen LogP contribution in [-0.4, -0.2) is 55.1 Å². The molecule has 1 saturated heterocycles. The number of anilines is 1. The molecular formula is C11H16N4O3. The van der Waals surface area contributed by atoms with Gasteiger partial charge in [0.1, 0.15) is 5.69 Å². The molecule has 2 heterocycles. The van der Waals surface area contributed by atoms with Crippen molar-refractivity contribution in [2.45, 2.75) is 0 Å². The number of rotatable bonds is 3. The minimum atomic E-state index is -0.518. The summed E-state index contributed by atoms with van der Waals surface area (Å²) in [5, 5.41) is 10.7. The number of nitro groups is 1. The Kier molecular flexibility index (Phi) is 3.61. The molecule has 0 aromatic carbocycles. The predicted octanol–water partition coefficient (Wildman–Crippen LogP) is 0.750. The second-order valence-electron chi connectivity index (χ2n) is 4.26. The van der Waals surface area contributed by atoms with Gasteiger partial charge in [0, 0.05) is 26.2 Å². The Labute approximate surface area is 105 Å². The van der Waals surface area contributed by atoms with E-state index in [0.29, 0.717) is 5.75 Å². The fraction of sp³-hybridized carbons (Fsp3) is 0.545. The van der Waals surface area contributed by atoms with Gasteiger partial charge in [0.15, 0.2) is 11.9 Å². The first-order valence-electron chi connectivity index (χ1n) is 5.73. The van der Waals surface area contributed by atoms with Gasteiger partial charge >= 0.3 is 5.82 Å². The Morgan fingerprint density at radius 1 is 1.39 bits per heavy atom. The largest absolute Gasteiger partial charge is 0.494 e. The van der Waals surface area contributed by atoms with E-state index in [0.717, 1.165) is 31.9 Å². The van der Waals surface area contributed by atoms with Crippen molar-refractivity contribution in [1.29, 1.82) is 0 Å². The monoisotopic (exact) mass is 252 g/mol. The lowest BCUT2D eigenvalue weighted by Gasteiger charge is -2.33. The van der Waals surface area contributed by atoms with Crippen molar-refractivity contribution < 1.29 is 9.66 Å². The maximum absolute atomic E-state index is 10.7. The number of piperazine rings is 1. The topological polar surface area (TPSA) is 71.7 Å². The Morgan fingerprint density at radius 3 is 2.61 bits per heavy atom. The normalized spacial score (nSPS) is 16.7. The van der Waals surface area contributed by atoms with Crippen molar-refractivity contribution in [3.8, 4) is 5.75 Å². The van der Waals surface area contributed by atoms with Gasteiger partial charge in [0.25, 0.3) is 0 Å². The lowest BCUT2D eigenvalue weighted by Crippen LogP contribution is -2.44. The summed E-state index contributed by atoms with van der Waals surface area (Å²) in [7, 11) is 3.58. The number of aromatic nitrogens is 1. The van der Waals surface area contributed by atoms with Crippen molar-refractivity contribution >= 4 is 11.5 Å². The van der Waals surface area contributed by atoms with E-state index >= 15 is 0 Å². The number of likely N-dealkylation sites (N-methyl/N-ethyl adjacent to an activating group) is 1. The van der Waals surface area contributed by atoms with E-state index in [1.165, 1.54) is 19.4 Å². The molecule has 1 aliphatic heterocycles. The van der Waals surface area contributed by atoms with E-state index in [9.17, 15) is 10.1 Å². The summed E-state index contributed by atoms with van der Waals surface area (Å²) in [6.45, 7) is 3.65. The van der Waals surface area contributed by atoms with Crippen LogP contribution < -0.4 is 9.64 Å². The first kappa shape index (κ1) is 12.6. The van der Waals surface area contributed by atoms with Gasteiger partial charge in [-0.15, -0.1) is 0 Å². The van der Waals surface area contributed by atoms with Crippen LogP contribution in [0.5, 0.6) is 5.75 Å². The number of hydrogen-bond acceptors (Lipinski definition) is 6. The zero-order valence-corrected chi connectivity index (χ0v) is 10.5. The molecule has 1 fully saturated rings. The number of ether oxygens (including phenoxy) is 1. The van der Waals surface area contributed by atoms with Crippen LogP contribution in [0.3, 0.4) is 0 Å². The first-order chi connectivity index (χ1) is 8.61. The zero-order chi connectivity index (χ0) is 13.1. The maximum Gasteiger partial charge on any atom is 0.367 e. The fourth-order valence-electron chi connectivity index (χ4n) is 1.97. The molecule has 2 rings (SSSR count). The van der Waals surface area contributed by atoms with Crippen LogP contribution in [0.2, 0.25) is 0 Å². The van der Waals surface area contributed by atoms with E-state index in [2.05, 4.69) is 21.8 Å². The molecule has 18 heavy (non-hydrogen) atoms. The smallest absolute Gasteiger partial charge is 0.367 e. The van der Waals surface area contributed by atoms with E-state index in [-0.39, 0.29) is 5.82 Å². The van der Waals surface area contributed by atoms with Gasteiger partial charge in [0.05, 0.1) is 13.2 Å². The third-order valence-electron chi connectivity index (χ3n) is 3.08. The van der Waals surface area contributed by atoms with Crippen molar-refractivity contribution in [3.63, 3.8) is 0 Å². The van der Waals surface area contributed by atoms with Crippen LogP contribution >= 0.6 is 0 Å². The van der Waals surface area contributed by atoms with E-state index < -0.39 is 4.92 Å². The molecule has 0 unspecified atom stereocenters. The highest BCUT2D eigenvalue weighted by Crippen LogP contribution is 2.30.